The molecule has 0 radical (unpaired) electrons. The zero-order valence-corrected chi connectivity index (χ0v) is 14.9. The summed E-state index contributed by atoms with van der Waals surface area (Å²) in [5.74, 6) is 6.51. The number of rotatable bonds is 7. The Morgan fingerprint density at radius 2 is 1.65 bits per heavy atom. The van der Waals surface area contributed by atoms with E-state index in [0.29, 0.717) is 19.6 Å². The first-order chi connectivity index (χ1) is 12.7. The molecule has 130 valence electrons. The van der Waals surface area contributed by atoms with Crippen molar-refractivity contribution in [2.45, 2.75) is 6.42 Å². The number of benzene rings is 2. The third-order valence-electron chi connectivity index (χ3n) is 3.22. The van der Waals surface area contributed by atoms with E-state index in [1.165, 1.54) is 0 Å². The lowest BCUT2D eigenvalue weighted by Gasteiger charge is -2.06. The number of carbonyl (C=O) groups excluding carboxylic acids is 1. The lowest BCUT2D eigenvalue weighted by Crippen LogP contribution is -2.06. The van der Waals surface area contributed by atoms with E-state index in [9.17, 15) is 4.79 Å². The van der Waals surface area contributed by atoms with E-state index in [4.69, 9.17) is 9.47 Å². The molecule has 4 nitrogen and oxygen atoms in total. The Morgan fingerprint density at radius 1 is 1.04 bits per heavy atom. The molecule has 0 saturated heterocycles. The molecular formula is C21H17NO3S. The molecular weight excluding hydrogens is 346 g/mol. The minimum absolute atomic E-state index is 0.309. The molecule has 0 fully saturated rings. The molecule has 0 aromatic heterocycles. The van der Waals surface area contributed by atoms with Gasteiger partial charge < -0.3 is 9.47 Å². The van der Waals surface area contributed by atoms with Gasteiger partial charge in [-0.25, -0.2) is 4.79 Å². The fourth-order valence-corrected chi connectivity index (χ4v) is 2.04. The van der Waals surface area contributed by atoms with E-state index in [-0.39, 0.29) is 0 Å². The van der Waals surface area contributed by atoms with Crippen molar-refractivity contribution in [1.29, 1.82) is 0 Å². The highest BCUT2D eigenvalue weighted by atomic mass is 32.1. The first-order valence-electron chi connectivity index (χ1n) is 7.93. The van der Waals surface area contributed by atoms with E-state index in [1.54, 1.807) is 0 Å². The fourth-order valence-electron chi connectivity index (χ4n) is 1.93. The summed E-state index contributed by atoms with van der Waals surface area (Å²) in [4.78, 5) is 14.8. The highest BCUT2D eigenvalue weighted by molar-refractivity contribution is 7.78. The maximum Gasteiger partial charge on any atom is 0.330 e. The molecule has 0 bridgehead atoms. The fraction of sp³-hybridized carbons (Fsp3) is 0.143. The van der Waals surface area contributed by atoms with Crippen LogP contribution in [0, 0.1) is 11.8 Å². The summed E-state index contributed by atoms with van der Waals surface area (Å²) in [6.45, 7) is 4.11. The molecule has 0 spiro atoms. The number of esters is 1. The zero-order chi connectivity index (χ0) is 18.6. The number of hydrogen-bond donors (Lipinski definition) is 0. The molecule has 0 atom stereocenters. The lowest BCUT2D eigenvalue weighted by molar-refractivity contribution is -0.137. The van der Waals surface area contributed by atoms with Crippen LogP contribution in [0.4, 0.5) is 5.69 Å². The zero-order valence-electron chi connectivity index (χ0n) is 14.1. The van der Waals surface area contributed by atoms with Crippen LogP contribution in [0.5, 0.6) is 5.75 Å². The van der Waals surface area contributed by atoms with Gasteiger partial charge in [-0.05, 0) is 60.7 Å². The number of carbonyl (C=O) groups is 1. The predicted octanol–water partition coefficient (Wildman–Crippen LogP) is 4.32. The van der Waals surface area contributed by atoms with Crippen molar-refractivity contribution in [3.05, 3.63) is 72.3 Å². The second-order valence-corrected chi connectivity index (χ2v) is 5.28. The third-order valence-corrected chi connectivity index (χ3v) is 3.31. The average Bonchev–Trinajstić information content (AvgIpc) is 2.68. The van der Waals surface area contributed by atoms with Gasteiger partial charge in [0.05, 0.1) is 24.1 Å². The predicted molar refractivity (Wildman–Crippen MR) is 105 cm³/mol. The molecule has 0 saturated carbocycles. The molecule has 0 aliphatic rings. The molecule has 0 aliphatic heterocycles. The maximum atomic E-state index is 10.9. The number of ether oxygens (including phenoxy) is 2. The third kappa shape index (κ3) is 6.74. The van der Waals surface area contributed by atoms with Crippen LogP contribution in [-0.4, -0.2) is 24.3 Å². The van der Waals surface area contributed by atoms with Crippen LogP contribution in [0.2, 0.25) is 0 Å². The van der Waals surface area contributed by atoms with Crippen LogP contribution >= 0.6 is 12.2 Å². The topological polar surface area (TPSA) is 47.9 Å². The molecule has 26 heavy (non-hydrogen) atoms. The Labute approximate surface area is 158 Å². The van der Waals surface area contributed by atoms with Crippen LogP contribution in [0.15, 0.2) is 66.2 Å². The summed E-state index contributed by atoms with van der Waals surface area (Å²) in [5, 5.41) is 2.33. The Bertz CT molecular complexity index is 855. The largest absolute Gasteiger partial charge is 0.493 e. The van der Waals surface area contributed by atoms with Crippen molar-refractivity contribution in [2.24, 2.45) is 4.99 Å². The molecule has 5 heteroatoms. The van der Waals surface area contributed by atoms with Crippen LogP contribution in [0.1, 0.15) is 17.5 Å². The minimum Gasteiger partial charge on any atom is -0.493 e. The number of hydrogen-bond acceptors (Lipinski definition) is 5. The van der Waals surface area contributed by atoms with Crippen LogP contribution in [0.25, 0.3) is 0 Å². The van der Waals surface area contributed by atoms with Crippen molar-refractivity contribution in [3.63, 3.8) is 0 Å². The molecule has 2 rings (SSSR count). The SMILES string of the molecule is C=CC(=O)OCCCOc1ccc(C#Cc2ccc(N=C=S)cc2)cc1. The number of thiocarbonyl (C=S) groups is 1. The Morgan fingerprint density at radius 3 is 2.23 bits per heavy atom. The first kappa shape index (κ1) is 19.1. The Balaban J connectivity index is 1.83. The summed E-state index contributed by atoms with van der Waals surface area (Å²) < 4.78 is 10.5. The average molecular weight is 363 g/mol. The van der Waals surface area contributed by atoms with Gasteiger partial charge in [-0.15, -0.1) is 0 Å². The van der Waals surface area contributed by atoms with Gasteiger partial charge in [0.2, 0.25) is 0 Å². The molecule has 0 N–H and O–H groups in total. The monoisotopic (exact) mass is 363 g/mol. The van der Waals surface area contributed by atoms with Gasteiger partial charge in [-0.2, -0.15) is 4.99 Å². The summed E-state index contributed by atoms with van der Waals surface area (Å²) in [6, 6.07) is 15.0. The van der Waals surface area contributed by atoms with Gasteiger partial charge in [-0.1, -0.05) is 18.4 Å². The number of isothiocyanates is 1. The van der Waals surface area contributed by atoms with Crippen molar-refractivity contribution < 1.29 is 14.3 Å². The summed E-state index contributed by atoms with van der Waals surface area (Å²) in [7, 11) is 0. The van der Waals surface area contributed by atoms with Crippen LogP contribution in [0.3, 0.4) is 0 Å². The molecule has 2 aromatic carbocycles. The van der Waals surface area contributed by atoms with Crippen molar-refractivity contribution in [1.82, 2.24) is 0 Å². The van der Waals surface area contributed by atoms with Gasteiger partial charge in [0, 0.05) is 23.6 Å². The molecule has 0 heterocycles. The van der Waals surface area contributed by atoms with E-state index in [1.807, 2.05) is 48.5 Å². The number of aliphatic imine (C=N–C) groups is 1. The van der Waals surface area contributed by atoms with Gasteiger partial charge in [0.25, 0.3) is 0 Å². The van der Waals surface area contributed by atoms with E-state index in [2.05, 4.69) is 40.8 Å². The van der Waals surface area contributed by atoms with Crippen molar-refractivity contribution >= 4 is 29.0 Å². The van der Waals surface area contributed by atoms with Gasteiger partial charge >= 0.3 is 5.97 Å². The highest BCUT2D eigenvalue weighted by Crippen LogP contribution is 2.13. The van der Waals surface area contributed by atoms with Crippen LogP contribution < -0.4 is 4.74 Å². The Hall–Kier alpha value is -3.19. The highest BCUT2D eigenvalue weighted by Gasteiger charge is 1.97. The molecule has 0 amide bonds. The molecule has 0 aliphatic carbocycles. The van der Waals surface area contributed by atoms with Gasteiger partial charge in [0.15, 0.2) is 0 Å². The van der Waals surface area contributed by atoms with Crippen molar-refractivity contribution in [2.75, 3.05) is 13.2 Å². The smallest absolute Gasteiger partial charge is 0.330 e. The van der Waals surface area contributed by atoms with E-state index < -0.39 is 5.97 Å². The first-order valence-corrected chi connectivity index (χ1v) is 8.34. The minimum atomic E-state index is -0.422. The maximum absolute atomic E-state index is 10.9. The summed E-state index contributed by atoms with van der Waals surface area (Å²) >= 11 is 4.57. The quantitative estimate of drug-likeness (QED) is 0.184. The molecule has 0 unspecified atom stereocenters. The van der Waals surface area contributed by atoms with Gasteiger partial charge in [-0.3, -0.25) is 0 Å². The standard InChI is InChI=1S/C21H17NO3S/c1-2-21(23)25-15-3-14-24-20-12-8-18(9-13-20)5-4-17-6-10-19(11-7-17)22-16-26/h2,6-13H,1,3,14-15H2. The normalized spacial score (nSPS) is 9.23. The Kier molecular flexibility index (Phi) is 7.82. The van der Waals surface area contributed by atoms with Crippen molar-refractivity contribution in [3.8, 4) is 17.6 Å². The van der Waals surface area contributed by atoms with Gasteiger partial charge in [0.1, 0.15) is 5.75 Å². The summed E-state index contributed by atoms with van der Waals surface area (Å²) in [6.07, 6.45) is 1.76. The molecule has 2 aromatic rings. The number of nitrogens with zero attached hydrogens (tertiary/aromatic N) is 1. The van der Waals surface area contributed by atoms with E-state index in [0.717, 1.165) is 28.6 Å². The van der Waals surface area contributed by atoms with E-state index >= 15 is 0 Å². The lowest BCUT2D eigenvalue weighted by atomic mass is 10.1. The second-order valence-electron chi connectivity index (χ2n) is 5.10. The summed E-state index contributed by atoms with van der Waals surface area (Å²) in [5.41, 5.74) is 2.53. The second kappa shape index (κ2) is 10.6. The van der Waals surface area contributed by atoms with Crippen LogP contribution in [-0.2, 0) is 9.53 Å².